The van der Waals surface area contributed by atoms with Crippen LogP contribution in [0.15, 0.2) is 71.8 Å². The van der Waals surface area contributed by atoms with E-state index in [0.717, 1.165) is 11.1 Å². The molecule has 0 spiro atoms. The van der Waals surface area contributed by atoms with Crippen LogP contribution in [0.5, 0.6) is 0 Å². The highest BCUT2D eigenvalue weighted by molar-refractivity contribution is 7.89. The van der Waals surface area contributed by atoms with Crippen molar-refractivity contribution >= 4 is 27.0 Å². The van der Waals surface area contributed by atoms with E-state index >= 15 is 0 Å². The number of fused-ring (bicyclic) bond motifs is 1. The molecular weight excluding hydrogens is 438 g/mol. The Hall–Kier alpha value is -3.56. The van der Waals surface area contributed by atoms with Gasteiger partial charge in [-0.25, -0.2) is 22.8 Å². The summed E-state index contributed by atoms with van der Waals surface area (Å²) in [5, 5.41) is 8.05. The number of rotatable bonds is 7. The first kappa shape index (κ1) is 22.6. The number of carbonyl (C=O) groups excluding carboxylic acids is 1. The van der Waals surface area contributed by atoms with Gasteiger partial charge < -0.3 is 5.32 Å². The van der Waals surface area contributed by atoms with Crippen LogP contribution in [0.1, 0.15) is 35.8 Å². The van der Waals surface area contributed by atoms with Gasteiger partial charge in [-0.05, 0) is 44.7 Å². The molecule has 0 radical (unpaired) electrons. The predicted molar refractivity (Wildman–Crippen MR) is 127 cm³/mol. The highest BCUT2D eigenvalue weighted by Gasteiger charge is 2.18. The average Bonchev–Trinajstić information content (AvgIpc) is 3.27. The molecule has 9 heteroatoms. The largest absolute Gasteiger partial charge is 0.348 e. The maximum absolute atomic E-state index is 13.2. The minimum Gasteiger partial charge on any atom is -0.348 e. The van der Waals surface area contributed by atoms with Crippen LogP contribution in [0.3, 0.4) is 0 Å². The quantitative estimate of drug-likeness (QED) is 0.436. The third-order valence-electron chi connectivity index (χ3n) is 5.33. The van der Waals surface area contributed by atoms with Gasteiger partial charge in [0, 0.05) is 18.2 Å². The van der Waals surface area contributed by atoms with Crippen LogP contribution in [0.4, 0.5) is 0 Å². The Bertz CT molecular complexity index is 1400. The molecule has 0 atom stereocenters. The molecule has 0 aliphatic heterocycles. The van der Waals surface area contributed by atoms with E-state index in [9.17, 15) is 13.2 Å². The standard InChI is InChI=1S/C24H25N5O3S/c1-16(2)29-23-21(15-27-29)20(13-22(28-23)18-7-5-4-6-8-18)24(30)26-14-17-9-11-19(12-10-17)33(31,32)25-3/h4-13,15-16,25H,14H2,1-3H3,(H,26,30). The fourth-order valence-electron chi connectivity index (χ4n) is 3.52. The monoisotopic (exact) mass is 463 g/mol. The van der Waals surface area contributed by atoms with E-state index in [1.54, 1.807) is 29.1 Å². The summed E-state index contributed by atoms with van der Waals surface area (Å²) in [6.45, 7) is 4.28. The molecule has 0 fully saturated rings. The van der Waals surface area contributed by atoms with Gasteiger partial charge in [-0.15, -0.1) is 0 Å². The van der Waals surface area contributed by atoms with Crippen molar-refractivity contribution in [1.82, 2.24) is 24.8 Å². The van der Waals surface area contributed by atoms with Crippen LogP contribution >= 0.6 is 0 Å². The number of hydrogen-bond acceptors (Lipinski definition) is 5. The molecule has 0 saturated heterocycles. The second kappa shape index (κ2) is 9.13. The predicted octanol–water partition coefficient (Wildman–Crippen LogP) is 3.52. The zero-order chi connectivity index (χ0) is 23.6. The van der Waals surface area contributed by atoms with Crippen LogP contribution in [-0.4, -0.2) is 36.1 Å². The number of benzene rings is 2. The summed E-state index contributed by atoms with van der Waals surface area (Å²) in [5.74, 6) is -0.255. The molecule has 2 aromatic heterocycles. The van der Waals surface area contributed by atoms with Crippen molar-refractivity contribution in [1.29, 1.82) is 0 Å². The maximum Gasteiger partial charge on any atom is 0.252 e. The summed E-state index contributed by atoms with van der Waals surface area (Å²) in [6.07, 6.45) is 1.67. The van der Waals surface area contributed by atoms with Crippen LogP contribution < -0.4 is 10.0 Å². The molecule has 2 heterocycles. The fourth-order valence-corrected chi connectivity index (χ4v) is 4.25. The molecule has 170 valence electrons. The molecule has 2 aromatic carbocycles. The Labute approximate surface area is 192 Å². The maximum atomic E-state index is 13.2. The minimum absolute atomic E-state index is 0.0874. The second-order valence-corrected chi connectivity index (χ2v) is 9.76. The molecule has 8 nitrogen and oxygen atoms in total. The zero-order valence-electron chi connectivity index (χ0n) is 18.6. The number of nitrogens with one attached hydrogen (secondary N) is 2. The number of pyridine rings is 1. The zero-order valence-corrected chi connectivity index (χ0v) is 19.4. The van der Waals surface area contributed by atoms with Crippen molar-refractivity contribution in [3.8, 4) is 11.3 Å². The summed E-state index contributed by atoms with van der Waals surface area (Å²) in [6, 6.07) is 17.9. The molecule has 4 rings (SSSR count). The molecule has 0 unspecified atom stereocenters. The van der Waals surface area contributed by atoms with Crippen molar-refractivity contribution in [3.63, 3.8) is 0 Å². The van der Waals surface area contributed by atoms with Crippen LogP contribution in [0.2, 0.25) is 0 Å². The number of carbonyl (C=O) groups is 1. The lowest BCUT2D eigenvalue weighted by Crippen LogP contribution is -2.23. The SMILES string of the molecule is CNS(=O)(=O)c1ccc(CNC(=O)c2cc(-c3ccccc3)nc3c2cnn3C(C)C)cc1. The number of amides is 1. The first-order chi connectivity index (χ1) is 15.8. The normalized spacial score (nSPS) is 11.8. The van der Waals surface area contributed by atoms with Gasteiger partial charge in [0.25, 0.3) is 5.91 Å². The molecule has 0 saturated carbocycles. The lowest BCUT2D eigenvalue weighted by Gasteiger charge is -2.11. The van der Waals surface area contributed by atoms with E-state index in [1.165, 1.54) is 19.2 Å². The first-order valence-electron chi connectivity index (χ1n) is 10.5. The highest BCUT2D eigenvalue weighted by atomic mass is 32.2. The minimum atomic E-state index is -3.50. The number of hydrogen-bond donors (Lipinski definition) is 2. The first-order valence-corrected chi connectivity index (χ1v) is 12.0. The van der Waals surface area contributed by atoms with E-state index in [-0.39, 0.29) is 23.4 Å². The van der Waals surface area contributed by atoms with Gasteiger partial charge in [0.05, 0.1) is 27.7 Å². The summed E-state index contributed by atoms with van der Waals surface area (Å²) < 4.78 is 27.9. The summed E-state index contributed by atoms with van der Waals surface area (Å²) in [7, 11) is -2.14. The van der Waals surface area contributed by atoms with E-state index in [1.807, 2.05) is 44.2 Å². The third kappa shape index (κ3) is 4.64. The second-order valence-electron chi connectivity index (χ2n) is 7.88. The van der Waals surface area contributed by atoms with E-state index in [2.05, 4.69) is 15.1 Å². The van der Waals surface area contributed by atoms with Crippen LogP contribution in [-0.2, 0) is 16.6 Å². The molecular formula is C24H25N5O3S. The van der Waals surface area contributed by atoms with Crippen molar-refractivity contribution < 1.29 is 13.2 Å². The third-order valence-corrected chi connectivity index (χ3v) is 6.76. The van der Waals surface area contributed by atoms with Gasteiger partial charge in [-0.1, -0.05) is 42.5 Å². The van der Waals surface area contributed by atoms with E-state index in [4.69, 9.17) is 4.98 Å². The number of sulfonamides is 1. The Balaban J connectivity index is 1.65. The smallest absolute Gasteiger partial charge is 0.252 e. The topological polar surface area (TPSA) is 106 Å². The Kier molecular flexibility index (Phi) is 6.26. The summed E-state index contributed by atoms with van der Waals surface area (Å²) >= 11 is 0. The molecule has 4 aromatic rings. The fraction of sp³-hybridized carbons (Fsp3) is 0.208. The summed E-state index contributed by atoms with van der Waals surface area (Å²) in [5.41, 5.74) is 3.52. The molecule has 0 aliphatic rings. The number of aromatic nitrogens is 3. The van der Waals surface area contributed by atoms with Gasteiger partial charge in [0.1, 0.15) is 0 Å². The van der Waals surface area contributed by atoms with Crippen molar-refractivity contribution in [3.05, 3.63) is 78.0 Å². The summed E-state index contributed by atoms with van der Waals surface area (Å²) in [4.78, 5) is 18.1. The lowest BCUT2D eigenvalue weighted by molar-refractivity contribution is 0.0952. The molecule has 33 heavy (non-hydrogen) atoms. The average molecular weight is 464 g/mol. The van der Waals surface area contributed by atoms with Gasteiger partial charge in [-0.2, -0.15) is 5.10 Å². The van der Waals surface area contributed by atoms with Crippen molar-refractivity contribution in [2.75, 3.05) is 7.05 Å². The molecule has 0 bridgehead atoms. The van der Waals surface area contributed by atoms with Crippen molar-refractivity contribution in [2.24, 2.45) is 0 Å². The van der Waals surface area contributed by atoms with Gasteiger partial charge >= 0.3 is 0 Å². The van der Waals surface area contributed by atoms with E-state index < -0.39 is 10.0 Å². The van der Waals surface area contributed by atoms with E-state index in [0.29, 0.717) is 22.3 Å². The Morgan fingerprint density at radius 2 is 1.76 bits per heavy atom. The highest BCUT2D eigenvalue weighted by Crippen LogP contribution is 2.26. The Morgan fingerprint density at radius 3 is 2.39 bits per heavy atom. The molecule has 2 N–H and O–H groups in total. The van der Waals surface area contributed by atoms with Gasteiger partial charge in [-0.3, -0.25) is 4.79 Å². The molecule has 1 amide bonds. The van der Waals surface area contributed by atoms with Crippen LogP contribution in [0.25, 0.3) is 22.3 Å². The lowest BCUT2D eigenvalue weighted by atomic mass is 10.1. The Morgan fingerprint density at radius 1 is 1.06 bits per heavy atom. The van der Waals surface area contributed by atoms with Gasteiger partial charge in [0.2, 0.25) is 10.0 Å². The van der Waals surface area contributed by atoms with Crippen LogP contribution in [0, 0.1) is 0 Å². The van der Waals surface area contributed by atoms with Crippen molar-refractivity contribution in [2.45, 2.75) is 31.3 Å². The van der Waals surface area contributed by atoms with Gasteiger partial charge in [0.15, 0.2) is 5.65 Å². The number of nitrogens with zero attached hydrogens (tertiary/aromatic N) is 3. The molecule has 0 aliphatic carbocycles.